The third kappa shape index (κ3) is 2.72. The average molecular weight is 370 g/mol. The summed E-state index contributed by atoms with van der Waals surface area (Å²) in [7, 11) is 0. The van der Waals surface area contributed by atoms with Crippen molar-refractivity contribution < 1.29 is 0 Å². The SMILES string of the molecule is Cc1cc(-c2ccccc2)nc2nc(N3C=Cc4sccc4C3N)ccc12. The first kappa shape index (κ1) is 16.2. The van der Waals surface area contributed by atoms with E-state index in [-0.39, 0.29) is 6.17 Å². The monoisotopic (exact) mass is 370 g/mol. The first-order valence-corrected chi connectivity index (χ1v) is 9.72. The topological polar surface area (TPSA) is 55.0 Å². The molecule has 5 rings (SSSR count). The van der Waals surface area contributed by atoms with Crippen LogP contribution in [0.5, 0.6) is 0 Å². The zero-order chi connectivity index (χ0) is 18.4. The molecule has 132 valence electrons. The van der Waals surface area contributed by atoms with Crippen molar-refractivity contribution in [1.82, 2.24) is 9.97 Å². The Hall–Kier alpha value is -3.02. The lowest BCUT2D eigenvalue weighted by atomic mass is 10.1. The Morgan fingerprint density at radius 1 is 1.04 bits per heavy atom. The molecule has 0 saturated carbocycles. The highest BCUT2D eigenvalue weighted by molar-refractivity contribution is 7.11. The van der Waals surface area contributed by atoms with E-state index < -0.39 is 0 Å². The molecule has 0 amide bonds. The molecule has 0 aliphatic carbocycles. The molecule has 4 heterocycles. The predicted octanol–water partition coefficient (Wildman–Crippen LogP) is 5.11. The Morgan fingerprint density at radius 2 is 1.89 bits per heavy atom. The van der Waals surface area contributed by atoms with E-state index in [4.69, 9.17) is 15.7 Å². The maximum absolute atomic E-state index is 6.48. The smallest absolute Gasteiger partial charge is 0.162 e. The summed E-state index contributed by atoms with van der Waals surface area (Å²) in [6, 6.07) is 18.5. The molecule has 1 atom stereocenters. The molecule has 0 bridgehead atoms. The second-order valence-corrected chi connectivity index (χ2v) is 7.59. The van der Waals surface area contributed by atoms with E-state index >= 15 is 0 Å². The number of anilines is 1. The van der Waals surface area contributed by atoms with E-state index in [1.54, 1.807) is 11.3 Å². The summed E-state index contributed by atoms with van der Waals surface area (Å²) >= 11 is 1.70. The molecular weight excluding hydrogens is 352 g/mol. The van der Waals surface area contributed by atoms with Gasteiger partial charge in [-0.15, -0.1) is 11.3 Å². The molecular formula is C22H18N4S. The molecule has 1 aliphatic rings. The molecule has 3 aromatic heterocycles. The van der Waals surface area contributed by atoms with Crippen LogP contribution in [0.3, 0.4) is 0 Å². The third-order valence-electron chi connectivity index (χ3n) is 4.93. The van der Waals surface area contributed by atoms with E-state index in [2.05, 4.69) is 48.7 Å². The molecule has 1 aliphatic heterocycles. The molecule has 1 aromatic carbocycles. The molecule has 0 spiro atoms. The normalized spacial score (nSPS) is 15.9. The minimum absolute atomic E-state index is 0.236. The van der Waals surface area contributed by atoms with Gasteiger partial charge in [-0.25, -0.2) is 9.97 Å². The number of nitrogens with zero attached hydrogens (tertiary/aromatic N) is 3. The molecule has 4 aromatic rings. The van der Waals surface area contributed by atoms with Gasteiger partial charge in [-0.3, -0.25) is 0 Å². The first-order valence-electron chi connectivity index (χ1n) is 8.84. The molecule has 27 heavy (non-hydrogen) atoms. The second-order valence-electron chi connectivity index (χ2n) is 6.64. The van der Waals surface area contributed by atoms with E-state index in [9.17, 15) is 0 Å². The van der Waals surface area contributed by atoms with E-state index in [0.29, 0.717) is 0 Å². The van der Waals surface area contributed by atoms with E-state index in [0.717, 1.165) is 39.2 Å². The Labute approximate surface area is 161 Å². The van der Waals surface area contributed by atoms with Crippen LogP contribution in [0.1, 0.15) is 22.2 Å². The number of hydrogen-bond donors (Lipinski definition) is 1. The molecule has 4 nitrogen and oxygen atoms in total. The fourth-order valence-corrected chi connectivity index (χ4v) is 4.31. The number of pyridine rings is 2. The van der Waals surface area contributed by atoms with Crippen LogP contribution >= 0.6 is 11.3 Å². The van der Waals surface area contributed by atoms with Gasteiger partial charge in [0.25, 0.3) is 0 Å². The fourth-order valence-electron chi connectivity index (χ4n) is 3.48. The molecule has 0 saturated heterocycles. The Kier molecular flexibility index (Phi) is 3.77. The lowest BCUT2D eigenvalue weighted by Gasteiger charge is -2.29. The molecule has 1 unspecified atom stereocenters. The Bertz CT molecular complexity index is 1160. The zero-order valence-corrected chi connectivity index (χ0v) is 15.6. The summed E-state index contributed by atoms with van der Waals surface area (Å²) < 4.78 is 0. The van der Waals surface area contributed by atoms with E-state index in [1.807, 2.05) is 35.4 Å². The summed E-state index contributed by atoms with van der Waals surface area (Å²) in [5.41, 5.74) is 11.5. The van der Waals surface area contributed by atoms with Crippen molar-refractivity contribution in [2.75, 3.05) is 4.90 Å². The van der Waals surface area contributed by atoms with Gasteiger partial charge in [0.15, 0.2) is 5.65 Å². The minimum Gasteiger partial charge on any atom is -0.313 e. The van der Waals surface area contributed by atoms with Crippen LogP contribution in [0.4, 0.5) is 5.82 Å². The van der Waals surface area contributed by atoms with Gasteiger partial charge in [0.2, 0.25) is 0 Å². The predicted molar refractivity (Wildman–Crippen MR) is 112 cm³/mol. The van der Waals surface area contributed by atoms with Crippen molar-refractivity contribution in [2.24, 2.45) is 5.73 Å². The Morgan fingerprint density at radius 3 is 2.74 bits per heavy atom. The molecule has 0 radical (unpaired) electrons. The highest BCUT2D eigenvalue weighted by Crippen LogP contribution is 2.34. The van der Waals surface area contributed by atoms with Crippen molar-refractivity contribution in [3.63, 3.8) is 0 Å². The van der Waals surface area contributed by atoms with Crippen molar-refractivity contribution in [3.05, 3.63) is 82.2 Å². The number of nitrogens with two attached hydrogens (primary N) is 1. The van der Waals surface area contributed by atoms with Gasteiger partial charge in [0.05, 0.1) is 5.69 Å². The highest BCUT2D eigenvalue weighted by atomic mass is 32.1. The number of hydrogen-bond acceptors (Lipinski definition) is 5. The van der Waals surface area contributed by atoms with Gasteiger partial charge in [-0.05, 0) is 48.2 Å². The lowest BCUT2D eigenvalue weighted by molar-refractivity contribution is 0.718. The van der Waals surface area contributed by atoms with Crippen LogP contribution in [-0.2, 0) is 0 Å². The van der Waals surface area contributed by atoms with Crippen molar-refractivity contribution >= 4 is 34.3 Å². The van der Waals surface area contributed by atoms with E-state index in [1.165, 1.54) is 4.88 Å². The van der Waals surface area contributed by atoms with Crippen LogP contribution < -0.4 is 10.6 Å². The van der Waals surface area contributed by atoms with Crippen molar-refractivity contribution in [2.45, 2.75) is 13.1 Å². The van der Waals surface area contributed by atoms with Crippen molar-refractivity contribution in [1.29, 1.82) is 0 Å². The first-order chi connectivity index (χ1) is 13.2. The quantitative estimate of drug-likeness (QED) is 0.532. The number of fused-ring (bicyclic) bond motifs is 2. The van der Waals surface area contributed by atoms with Crippen LogP contribution in [0, 0.1) is 6.92 Å². The van der Waals surface area contributed by atoms with Gasteiger partial charge in [0, 0.05) is 27.6 Å². The van der Waals surface area contributed by atoms with Gasteiger partial charge in [-0.2, -0.15) is 0 Å². The van der Waals surface area contributed by atoms with Gasteiger partial charge in [0.1, 0.15) is 12.0 Å². The lowest BCUT2D eigenvalue weighted by Crippen LogP contribution is -2.32. The largest absolute Gasteiger partial charge is 0.313 e. The van der Waals surface area contributed by atoms with Crippen LogP contribution in [0.2, 0.25) is 0 Å². The molecule has 0 fully saturated rings. The van der Waals surface area contributed by atoms with Crippen LogP contribution in [0.25, 0.3) is 28.4 Å². The molecule has 5 heteroatoms. The number of aromatic nitrogens is 2. The Balaban J connectivity index is 1.61. The van der Waals surface area contributed by atoms with Crippen LogP contribution in [-0.4, -0.2) is 9.97 Å². The van der Waals surface area contributed by atoms with Gasteiger partial charge < -0.3 is 10.6 Å². The summed E-state index contributed by atoms with van der Waals surface area (Å²) in [5.74, 6) is 0.806. The minimum atomic E-state index is -0.236. The molecule has 2 N–H and O–H groups in total. The maximum atomic E-state index is 6.48. The van der Waals surface area contributed by atoms with Gasteiger partial charge in [-0.1, -0.05) is 30.3 Å². The third-order valence-corrected chi connectivity index (χ3v) is 5.83. The average Bonchev–Trinajstić information content (AvgIpc) is 3.18. The number of benzene rings is 1. The number of aryl methyl sites for hydroxylation is 1. The van der Waals surface area contributed by atoms with Gasteiger partial charge >= 0.3 is 0 Å². The summed E-state index contributed by atoms with van der Waals surface area (Å²) in [6.07, 6.45) is 3.86. The summed E-state index contributed by atoms with van der Waals surface area (Å²) in [4.78, 5) is 12.9. The fraction of sp³-hybridized carbons (Fsp3) is 0.0909. The van der Waals surface area contributed by atoms with Crippen LogP contribution in [0.15, 0.2) is 66.2 Å². The van der Waals surface area contributed by atoms with Crippen molar-refractivity contribution in [3.8, 4) is 11.3 Å². The summed E-state index contributed by atoms with van der Waals surface area (Å²) in [6.45, 7) is 2.10. The number of thiophene rings is 1. The maximum Gasteiger partial charge on any atom is 0.162 e. The number of rotatable bonds is 2. The summed E-state index contributed by atoms with van der Waals surface area (Å²) in [5, 5.41) is 3.13. The standard InChI is InChI=1S/C22H18N4S/c1-14-13-18(15-5-3-2-4-6-15)24-22-16(14)7-8-20(25-22)26-11-9-19-17(21(26)23)10-12-27-19/h2-13,21H,23H2,1H3. The zero-order valence-electron chi connectivity index (χ0n) is 14.8. The second kappa shape index (κ2) is 6.30. The highest BCUT2D eigenvalue weighted by Gasteiger charge is 2.23.